The Labute approximate surface area is 178 Å². The number of ketones is 1. The molecule has 0 unspecified atom stereocenters. The Kier molecular flexibility index (Phi) is 5.00. The number of aryl methyl sites for hydroxylation is 2. The van der Waals surface area contributed by atoms with E-state index in [-0.39, 0.29) is 17.2 Å². The van der Waals surface area contributed by atoms with Crippen molar-refractivity contribution in [1.82, 2.24) is 0 Å². The van der Waals surface area contributed by atoms with Crippen LogP contribution >= 0.6 is 0 Å². The molecular formula is C25H30N2O3. The number of anilines is 2. The molecule has 0 saturated heterocycles. The summed E-state index contributed by atoms with van der Waals surface area (Å²) in [4.78, 5) is 13.4. The molecule has 0 fully saturated rings. The van der Waals surface area contributed by atoms with Crippen molar-refractivity contribution in [2.24, 2.45) is 5.41 Å². The van der Waals surface area contributed by atoms with Gasteiger partial charge in [-0.3, -0.25) is 4.79 Å². The Hall–Kier alpha value is -2.95. The van der Waals surface area contributed by atoms with Crippen molar-refractivity contribution in [3.05, 3.63) is 58.3 Å². The van der Waals surface area contributed by atoms with Crippen LogP contribution in [0.5, 0.6) is 11.5 Å². The quantitative estimate of drug-likeness (QED) is 0.701. The van der Waals surface area contributed by atoms with Crippen molar-refractivity contribution in [3.8, 4) is 11.5 Å². The molecule has 5 nitrogen and oxygen atoms in total. The van der Waals surface area contributed by atoms with E-state index in [1.54, 1.807) is 14.2 Å². The molecule has 5 heteroatoms. The van der Waals surface area contributed by atoms with Gasteiger partial charge in [-0.05, 0) is 61.1 Å². The predicted molar refractivity (Wildman–Crippen MR) is 120 cm³/mol. The number of carbonyl (C=O) groups is 1. The number of fused-ring (bicyclic) bond motifs is 1. The monoisotopic (exact) mass is 406 g/mol. The van der Waals surface area contributed by atoms with Gasteiger partial charge >= 0.3 is 0 Å². The number of methoxy groups -OCH3 is 2. The summed E-state index contributed by atoms with van der Waals surface area (Å²) >= 11 is 0. The van der Waals surface area contributed by atoms with Crippen molar-refractivity contribution < 1.29 is 14.3 Å². The Morgan fingerprint density at radius 2 is 1.67 bits per heavy atom. The van der Waals surface area contributed by atoms with Crippen LogP contribution in [0.4, 0.5) is 11.4 Å². The first-order chi connectivity index (χ1) is 14.2. The SMILES string of the molecule is COc1ccc([C@@H]2Nc3cc(C)c(C)cc3NC3=C2C(=O)CC(C)(C)C3)c(OC)c1. The number of carbonyl (C=O) groups excluding carboxylic acids is 1. The lowest BCUT2D eigenvalue weighted by molar-refractivity contribution is -0.118. The molecule has 0 radical (unpaired) electrons. The van der Waals surface area contributed by atoms with Crippen molar-refractivity contribution >= 4 is 17.2 Å². The normalized spacial score (nSPS) is 19.8. The molecule has 4 rings (SSSR count). The lowest BCUT2D eigenvalue weighted by Gasteiger charge is -2.34. The third-order valence-corrected chi connectivity index (χ3v) is 6.18. The second-order valence-corrected chi connectivity index (χ2v) is 9.13. The van der Waals surface area contributed by atoms with Crippen molar-refractivity contribution in [3.63, 3.8) is 0 Å². The van der Waals surface area contributed by atoms with E-state index in [2.05, 4.69) is 50.5 Å². The Bertz CT molecular complexity index is 1050. The maximum atomic E-state index is 13.4. The number of hydrogen-bond acceptors (Lipinski definition) is 5. The lowest BCUT2D eigenvalue weighted by Crippen LogP contribution is -2.31. The molecule has 1 atom stereocenters. The zero-order chi connectivity index (χ0) is 21.6. The van der Waals surface area contributed by atoms with Gasteiger partial charge < -0.3 is 20.1 Å². The zero-order valence-electron chi connectivity index (χ0n) is 18.6. The van der Waals surface area contributed by atoms with Crippen molar-refractivity contribution in [1.29, 1.82) is 0 Å². The molecule has 2 aliphatic rings. The highest BCUT2D eigenvalue weighted by Gasteiger charge is 2.39. The second-order valence-electron chi connectivity index (χ2n) is 9.13. The van der Waals surface area contributed by atoms with Gasteiger partial charge in [-0.15, -0.1) is 0 Å². The molecule has 1 aliphatic carbocycles. The summed E-state index contributed by atoms with van der Waals surface area (Å²) in [6.07, 6.45) is 1.34. The van der Waals surface area contributed by atoms with Crippen LogP contribution < -0.4 is 20.1 Å². The van der Waals surface area contributed by atoms with Crippen molar-refractivity contribution in [2.45, 2.75) is 46.6 Å². The van der Waals surface area contributed by atoms with E-state index in [9.17, 15) is 4.79 Å². The van der Waals surface area contributed by atoms with Gasteiger partial charge in [0, 0.05) is 29.3 Å². The van der Waals surface area contributed by atoms with Crippen molar-refractivity contribution in [2.75, 3.05) is 24.9 Å². The number of nitrogens with one attached hydrogen (secondary N) is 2. The molecule has 1 heterocycles. The Morgan fingerprint density at radius 1 is 0.967 bits per heavy atom. The van der Waals surface area contributed by atoms with E-state index >= 15 is 0 Å². The summed E-state index contributed by atoms with van der Waals surface area (Å²) in [5, 5.41) is 7.26. The standard InChI is InChI=1S/C25H30N2O3/c1-14-9-18-19(10-15(14)2)27-24(17-8-7-16(29-5)11-22(17)30-6)23-20(26-18)12-25(3,4)13-21(23)28/h7-11,24,26-27H,12-13H2,1-6H3/t24-/m0/s1. The second kappa shape index (κ2) is 7.38. The van der Waals surface area contributed by atoms with Crippen LogP contribution in [-0.2, 0) is 4.79 Å². The van der Waals surface area contributed by atoms with Crippen LogP contribution in [0.3, 0.4) is 0 Å². The number of Topliss-reactive ketones (excluding diaryl/α,β-unsaturated/α-hetero) is 1. The molecule has 2 N–H and O–H groups in total. The minimum atomic E-state index is -0.305. The average molecular weight is 407 g/mol. The summed E-state index contributed by atoms with van der Waals surface area (Å²) < 4.78 is 11.1. The fraction of sp³-hybridized carbons (Fsp3) is 0.400. The van der Waals surface area contributed by atoms with E-state index < -0.39 is 0 Å². The zero-order valence-corrected chi connectivity index (χ0v) is 18.6. The molecule has 0 amide bonds. The highest BCUT2D eigenvalue weighted by molar-refractivity contribution is 6.01. The number of hydrogen-bond donors (Lipinski definition) is 2. The van der Waals surface area contributed by atoms with Gasteiger partial charge in [-0.25, -0.2) is 0 Å². The van der Waals surface area contributed by atoms with Gasteiger partial charge in [0.25, 0.3) is 0 Å². The molecule has 30 heavy (non-hydrogen) atoms. The van der Waals surface area contributed by atoms with Crippen LogP contribution in [0.15, 0.2) is 41.6 Å². The number of ether oxygens (including phenoxy) is 2. The van der Waals surface area contributed by atoms with Crippen LogP contribution in [0, 0.1) is 19.3 Å². The van der Waals surface area contributed by atoms with Gasteiger partial charge in [-0.1, -0.05) is 13.8 Å². The first-order valence-corrected chi connectivity index (χ1v) is 10.4. The average Bonchev–Trinajstić information content (AvgIpc) is 2.83. The summed E-state index contributed by atoms with van der Waals surface area (Å²) in [7, 11) is 3.28. The number of rotatable bonds is 3. The van der Waals surface area contributed by atoms with E-state index in [1.165, 1.54) is 11.1 Å². The van der Waals surface area contributed by atoms with Gasteiger partial charge in [0.15, 0.2) is 5.78 Å². The highest BCUT2D eigenvalue weighted by atomic mass is 16.5. The van der Waals surface area contributed by atoms with E-state index in [4.69, 9.17) is 9.47 Å². The molecular weight excluding hydrogens is 376 g/mol. The first-order valence-electron chi connectivity index (χ1n) is 10.4. The summed E-state index contributed by atoms with van der Waals surface area (Å²) in [6.45, 7) is 8.52. The van der Waals surface area contributed by atoms with Crippen LogP contribution in [0.25, 0.3) is 0 Å². The maximum absolute atomic E-state index is 13.4. The molecule has 0 bridgehead atoms. The fourth-order valence-electron chi connectivity index (χ4n) is 4.50. The van der Waals surface area contributed by atoms with Crippen LogP contribution in [0.1, 0.15) is 49.4 Å². The minimum absolute atomic E-state index is 0.0816. The predicted octanol–water partition coefficient (Wildman–Crippen LogP) is 5.54. The van der Waals surface area contributed by atoms with Gasteiger partial charge in [0.2, 0.25) is 0 Å². The summed E-state index contributed by atoms with van der Waals surface area (Å²) in [6, 6.07) is 9.76. The van der Waals surface area contributed by atoms with Crippen LogP contribution in [0.2, 0.25) is 0 Å². The molecule has 0 saturated carbocycles. The summed E-state index contributed by atoms with van der Waals surface area (Å²) in [5.74, 6) is 1.59. The van der Waals surface area contributed by atoms with E-state index in [0.717, 1.165) is 40.4 Å². The minimum Gasteiger partial charge on any atom is -0.497 e. The smallest absolute Gasteiger partial charge is 0.163 e. The third-order valence-electron chi connectivity index (χ3n) is 6.18. The Balaban J connectivity index is 1.93. The number of benzene rings is 2. The maximum Gasteiger partial charge on any atom is 0.163 e. The lowest BCUT2D eigenvalue weighted by atomic mass is 9.73. The van der Waals surface area contributed by atoms with E-state index in [0.29, 0.717) is 12.2 Å². The highest BCUT2D eigenvalue weighted by Crippen LogP contribution is 2.47. The first kappa shape index (κ1) is 20.3. The van der Waals surface area contributed by atoms with Crippen LogP contribution in [-0.4, -0.2) is 20.0 Å². The van der Waals surface area contributed by atoms with E-state index in [1.807, 2.05) is 18.2 Å². The molecule has 0 spiro atoms. The number of allylic oxidation sites excluding steroid dienone is 1. The molecule has 0 aromatic heterocycles. The molecule has 2 aromatic carbocycles. The van der Waals surface area contributed by atoms with Gasteiger partial charge in [0.1, 0.15) is 11.5 Å². The summed E-state index contributed by atoms with van der Waals surface area (Å²) in [5.41, 5.74) is 7.04. The largest absolute Gasteiger partial charge is 0.497 e. The molecule has 158 valence electrons. The topological polar surface area (TPSA) is 59.6 Å². The Morgan fingerprint density at radius 3 is 2.33 bits per heavy atom. The molecule has 2 aromatic rings. The van der Waals surface area contributed by atoms with Gasteiger partial charge in [-0.2, -0.15) is 0 Å². The molecule has 1 aliphatic heterocycles. The van der Waals surface area contributed by atoms with Gasteiger partial charge in [0.05, 0.1) is 31.6 Å². The fourth-order valence-corrected chi connectivity index (χ4v) is 4.50. The third kappa shape index (κ3) is 3.53.